The number of nitrogens with one attached hydrogen (secondary N) is 2. The first-order valence-corrected chi connectivity index (χ1v) is 8.46. The third-order valence-corrected chi connectivity index (χ3v) is 5.78. The first-order chi connectivity index (χ1) is 10.3. The second-order valence-electron chi connectivity index (χ2n) is 7.05. The molecular weight excluding hydrogens is 260 g/mol. The van der Waals surface area contributed by atoms with Gasteiger partial charge in [-0.3, -0.25) is 0 Å². The third kappa shape index (κ3) is 2.61. The SMILES string of the molecule is CNC1CCN(c2ccnc(NC3CC4CCC3C4)c2)C1. The lowest BCUT2D eigenvalue weighted by molar-refractivity contribution is 0.439. The molecule has 1 aromatic rings. The fourth-order valence-corrected chi connectivity index (χ4v) is 4.54. The van der Waals surface area contributed by atoms with Crippen LogP contribution in [0.15, 0.2) is 18.3 Å². The van der Waals surface area contributed by atoms with E-state index in [9.17, 15) is 0 Å². The molecule has 2 bridgehead atoms. The summed E-state index contributed by atoms with van der Waals surface area (Å²) in [7, 11) is 2.06. The molecule has 21 heavy (non-hydrogen) atoms. The molecular formula is C17H26N4. The molecule has 2 saturated carbocycles. The maximum Gasteiger partial charge on any atom is 0.128 e. The Balaban J connectivity index is 1.43. The zero-order valence-electron chi connectivity index (χ0n) is 12.9. The lowest BCUT2D eigenvalue weighted by atomic mass is 9.95. The molecule has 4 rings (SSSR count). The molecule has 4 atom stereocenters. The number of fused-ring (bicyclic) bond motifs is 2. The summed E-state index contributed by atoms with van der Waals surface area (Å²) < 4.78 is 0. The molecule has 1 saturated heterocycles. The van der Waals surface area contributed by atoms with Gasteiger partial charge in [-0.25, -0.2) is 4.98 Å². The Kier molecular flexibility index (Phi) is 3.49. The first kappa shape index (κ1) is 13.4. The molecule has 1 aromatic heterocycles. The van der Waals surface area contributed by atoms with Crippen molar-refractivity contribution < 1.29 is 0 Å². The van der Waals surface area contributed by atoms with E-state index >= 15 is 0 Å². The number of aromatic nitrogens is 1. The predicted molar refractivity (Wildman–Crippen MR) is 86.8 cm³/mol. The van der Waals surface area contributed by atoms with Gasteiger partial charge in [-0.15, -0.1) is 0 Å². The smallest absolute Gasteiger partial charge is 0.128 e. The molecule has 3 fully saturated rings. The molecule has 0 spiro atoms. The molecule has 2 N–H and O–H groups in total. The van der Waals surface area contributed by atoms with Gasteiger partial charge in [0, 0.05) is 43.1 Å². The minimum atomic E-state index is 0.625. The topological polar surface area (TPSA) is 40.2 Å². The number of hydrogen-bond donors (Lipinski definition) is 2. The van der Waals surface area contributed by atoms with Gasteiger partial charge in [-0.05, 0) is 50.6 Å². The Morgan fingerprint density at radius 2 is 2.19 bits per heavy atom. The zero-order chi connectivity index (χ0) is 14.2. The summed E-state index contributed by atoms with van der Waals surface area (Å²) in [4.78, 5) is 7.01. The largest absolute Gasteiger partial charge is 0.370 e. The highest BCUT2D eigenvalue weighted by molar-refractivity contribution is 5.55. The standard InChI is InChI=1S/C17H26N4/c1-18-14-5-7-21(11-14)15-4-6-19-17(10-15)20-16-9-12-2-3-13(16)8-12/h4,6,10,12-14,16,18H,2-3,5,7-9,11H2,1H3,(H,19,20). The van der Waals surface area contributed by atoms with E-state index in [1.807, 2.05) is 6.20 Å². The molecule has 4 unspecified atom stereocenters. The van der Waals surface area contributed by atoms with Crippen molar-refractivity contribution in [1.29, 1.82) is 0 Å². The molecule has 4 nitrogen and oxygen atoms in total. The monoisotopic (exact) mass is 286 g/mol. The van der Waals surface area contributed by atoms with Gasteiger partial charge in [0.2, 0.25) is 0 Å². The third-order valence-electron chi connectivity index (χ3n) is 5.78. The van der Waals surface area contributed by atoms with Crippen molar-refractivity contribution in [2.45, 2.75) is 44.2 Å². The van der Waals surface area contributed by atoms with Crippen LogP contribution in [-0.4, -0.2) is 37.2 Å². The Labute approximate surface area is 127 Å². The van der Waals surface area contributed by atoms with Crippen LogP contribution in [0.1, 0.15) is 32.1 Å². The van der Waals surface area contributed by atoms with E-state index in [1.54, 1.807) is 0 Å². The van der Waals surface area contributed by atoms with Crippen LogP contribution in [0.4, 0.5) is 11.5 Å². The molecule has 3 aliphatic rings. The van der Waals surface area contributed by atoms with Gasteiger partial charge in [-0.2, -0.15) is 0 Å². The van der Waals surface area contributed by atoms with E-state index in [-0.39, 0.29) is 0 Å². The van der Waals surface area contributed by atoms with E-state index in [4.69, 9.17) is 0 Å². The number of hydrogen-bond acceptors (Lipinski definition) is 4. The minimum absolute atomic E-state index is 0.625. The average molecular weight is 286 g/mol. The second kappa shape index (κ2) is 5.48. The van der Waals surface area contributed by atoms with E-state index in [2.05, 4.69) is 39.7 Å². The molecule has 2 aliphatic carbocycles. The van der Waals surface area contributed by atoms with Crippen LogP contribution in [-0.2, 0) is 0 Å². The summed E-state index contributed by atoms with van der Waals surface area (Å²) in [6.45, 7) is 2.25. The summed E-state index contributed by atoms with van der Waals surface area (Å²) in [5, 5.41) is 7.09. The van der Waals surface area contributed by atoms with Gasteiger partial charge >= 0.3 is 0 Å². The second-order valence-corrected chi connectivity index (χ2v) is 7.05. The molecule has 0 aromatic carbocycles. The van der Waals surface area contributed by atoms with Crippen molar-refractivity contribution in [2.75, 3.05) is 30.4 Å². The Morgan fingerprint density at radius 1 is 1.24 bits per heavy atom. The summed E-state index contributed by atoms with van der Waals surface area (Å²) in [5.41, 5.74) is 1.31. The normalized spacial score (nSPS) is 34.6. The van der Waals surface area contributed by atoms with E-state index in [0.717, 1.165) is 30.7 Å². The average Bonchev–Trinajstić information content (AvgIpc) is 3.23. The number of pyridine rings is 1. The van der Waals surface area contributed by atoms with Crippen LogP contribution in [0.25, 0.3) is 0 Å². The summed E-state index contributed by atoms with van der Waals surface area (Å²) in [6.07, 6.45) is 8.84. The molecule has 1 aliphatic heterocycles. The van der Waals surface area contributed by atoms with Crippen molar-refractivity contribution in [3.8, 4) is 0 Å². The molecule has 0 radical (unpaired) electrons. The quantitative estimate of drug-likeness (QED) is 0.892. The van der Waals surface area contributed by atoms with Gasteiger partial charge in [0.15, 0.2) is 0 Å². The lowest BCUT2D eigenvalue weighted by Gasteiger charge is -2.24. The van der Waals surface area contributed by atoms with Crippen LogP contribution < -0.4 is 15.5 Å². The van der Waals surface area contributed by atoms with Crippen molar-refractivity contribution in [1.82, 2.24) is 10.3 Å². The molecule has 0 amide bonds. The minimum Gasteiger partial charge on any atom is -0.370 e. The lowest BCUT2D eigenvalue weighted by Crippen LogP contribution is -2.29. The number of rotatable bonds is 4. The van der Waals surface area contributed by atoms with E-state index in [0.29, 0.717) is 12.1 Å². The van der Waals surface area contributed by atoms with Gasteiger partial charge in [0.1, 0.15) is 5.82 Å². The van der Waals surface area contributed by atoms with E-state index in [1.165, 1.54) is 37.8 Å². The number of nitrogens with zero attached hydrogens (tertiary/aromatic N) is 2. The highest BCUT2D eigenvalue weighted by Crippen LogP contribution is 2.45. The Bertz CT molecular complexity index is 503. The molecule has 4 heteroatoms. The van der Waals surface area contributed by atoms with Crippen molar-refractivity contribution in [3.05, 3.63) is 18.3 Å². The Morgan fingerprint density at radius 3 is 2.90 bits per heavy atom. The molecule has 2 heterocycles. The highest BCUT2D eigenvalue weighted by atomic mass is 15.2. The summed E-state index contributed by atoms with van der Waals surface area (Å²) in [5.74, 6) is 2.93. The van der Waals surface area contributed by atoms with E-state index < -0.39 is 0 Å². The Hall–Kier alpha value is -1.29. The summed E-state index contributed by atoms with van der Waals surface area (Å²) in [6, 6.07) is 5.67. The van der Waals surface area contributed by atoms with Crippen molar-refractivity contribution in [3.63, 3.8) is 0 Å². The summed E-state index contributed by atoms with van der Waals surface area (Å²) >= 11 is 0. The number of likely N-dealkylation sites (N-methyl/N-ethyl adjacent to an activating group) is 1. The maximum absolute atomic E-state index is 4.54. The fraction of sp³-hybridized carbons (Fsp3) is 0.706. The van der Waals surface area contributed by atoms with Crippen molar-refractivity contribution >= 4 is 11.5 Å². The predicted octanol–water partition coefficient (Wildman–Crippen LogP) is 2.48. The van der Waals surface area contributed by atoms with Gasteiger partial charge in [0.25, 0.3) is 0 Å². The maximum atomic E-state index is 4.54. The zero-order valence-corrected chi connectivity index (χ0v) is 12.9. The van der Waals surface area contributed by atoms with Gasteiger partial charge < -0.3 is 15.5 Å². The first-order valence-electron chi connectivity index (χ1n) is 8.46. The van der Waals surface area contributed by atoms with Crippen LogP contribution >= 0.6 is 0 Å². The van der Waals surface area contributed by atoms with Crippen LogP contribution in [0.2, 0.25) is 0 Å². The number of anilines is 2. The van der Waals surface area contributed by atoms with Crippen LogP contribution in [0.3, 0.4) is 0 Å². The fourth-order valence-electron chi connectivity index (χ4n) is 4.54. The van der Waals surface area contributed by atoms with Gasteiger partial charge in [-0.1, -0.05) is 6.42 Å². The highest BCUT2D eigenvalue weighted by Gasteiger charge is 2.39. The van der Waals surface area contributed by atoms with Crippen molar-refractivity contribution in [2.24, 2.45) is 11.8 Å². The van der Waals surface area contributed by atoms with Crippen LogP contribution in [0.5, 0.6) is 0 Å². The molecule has 114 valence electrons. The van der Waals surface area contributed by atoms with Gasteiger partial charge in [0.05, 0.1) is 0 Å². The van der Waals surface area contributed by atoms with Crippen LogP contribution in [0, 0.1) is 11.8 Å².